The summed E-state index contributed by atoms with van der Waals surface area (Å²) in [5.74, 6) is 0.0855. The van der Waals surface area contributed by atoms with Crippen LogP contribution in [0.5, 0.6) is 0 Å². The second-order valence-corrected chi connectivity index (χ2v) is 6.35. The highest BCUT2D eigenvalue weighted by molar-refractivity contribution is 5.85. The molecule has 25 heavy (non-hydrogen) atoms. The third-order valence-electron chi connectivity index (χ3n) is 4.83. The van der Waals surface area contributed by atoms with Gasteiger partial charge in [0, 0.05) is 44.6 Å². The number of hydrogen-bond donors (Lipinski definition) is 1. The zero-order chi connectivity index (χ0) is 16.2. The minimum Gasteiger partial charge on any atom is -0.340 e. The molecule has 0 radical (unpaired) electrons. The summed E-state index contributed by atoms with van der Waals surface area (Å²) in [5, 5.41) is 3.10. The second kappa shape index (κ2) is 9.94. The Morgan fingerprint density at radius 1 is 1.36 bits per heavy atom. The molecule has 2 unspecified atom stereocenters. The molecule has 3 heterocycles. The number of piperidine rings is 1. The van der Waals surface area contributed by atoms with Crippen LogP contribution in [0.4, 0.5) is 0 Å². The fraction of sp³-hybridized carbons (Fsp3) is 0.588. The van der Waals surface area contributed by atoms with E-state index < -0.39 is 0 Å². The van der Waals surface area contributed by atoms with Gasteiger partial charge in [-0.1, -0.05) is 6.07 Å². The molecule has 0 saturated carbocycles. The number of rotatable bonds is 3. The topological polar surface area (TPSA) is 65.5 Å². The van der Waals surface area contributed by atoms with Crippen molar-refractivity contribution in [2.24, 2.45) is 0 Å². The summed E-state index contributed by atoms with van der Waals surface area (Å²) in [4.78, 5) is 32.8. The highest BCUT2D eigenvalue weighted by atomic mass is 35.5. The number of halogens is 2. The zero-order valence-corrected chi connectivity index (χ0v) is 16.0. The molecule has 2 saturated heterocycles. The van der Waals surface area contributed by atoms with E-state index in [1.54, 1.807) is 12.4 Å². The average molecular weight is 389 g/mol. The van der Waals surface area contributed by atoms with Crippen LogP contribution in [0.2, 0.25) is 0 Å². The van der Waals surface area contributed by atoms with Crippen molar-refractivity contribution in [2.45, 2.75) is 31.7 Å². The Balaban J connectivity index is 0.00000156. The van der Waals surface area contributed by atoms with Crippen molar-refractivity contribution in [1.29, 1.82) is 0 Å². The first kappa shape index (κ1) is 21.7. The van der Waals surface area contributed by atoms with Gasteiger partial charge in [-0.15, -0.1) is 24.8 Å². The highest BCUT2D eigenvalue weighted by Gasteiger charge is 2.33. The largest absolute Gasteiger partial charge is 0.340 e. The summed E-state index contributed by atoms with van der Waals surface area (Å²) >= 11 is 0. The Labute approximate surface area is 161 Å². The Bertz CT molecular complexity index is 573. The average Bonchev–Trinajstić information content (AvgIpc) is 2.62. The number of carbonyl (C=O) groups excluding carboxylic acids is 2. The number of pyridine rings is 1. The second-order valence-electron chi connectivity index (χ2n) is 6.35. The van der Waals surface area contributed by atoms with Crippen LogP contribution in [0.1, 0.15) is 31.2 Å². The fourth-order valence-corrected chi connectivity index (χ4v) is 3.47. The third-order valence-corrected chi connectivity index (χ3v) is 4.83. The Morgan fingerprint density at radius 3 is 2.84 bits per heavy atom. The fourth-order valence-electron chi connectivity index (χ4n) is 3.47. The van der Waals surface area contributed by atoms with E-state index >= 15 is 0 Å². The molecule has 2 fully saturated rings. The van der Waals surface area contributed by atoms with Gasteiger partial charge in [-0.25, -0.2) is 0 Å². The number of aromatic nitrogens is 1. The highest BCUT2D eigenvalue weighted by Crippen LogP contribution is 2.22. The maximum atomic E-state index is 12.8. The zero-order valence-electron chi connectivity index (χ0n) is 14.4. The SMILES string of the molecule is CC(C(=O)N1CCCC(N2CCNCC2=O)C1)c1cccnc1.Cl.Cl. The van der Waals surface area contributed by atoms with E-state index in [-0.39, 0.29) is 48.6 Å². The van der Waals surface area contributed by atoms with Crippen molar-refractivity contribution in [3.63, 3.8) is 0 Å². The van der Waals surface area contributed by atoms with Crippen molar-refractivity contribution >= 4 is 36.6 Å². The van der Waals surface area contributed by atoms with E-state index in [0.29, 0.717) is 13.1 Å². The molecule has 1 aromatic heterocycles. The van der Waals surface area contributed by atoms with Gasteiger partial charge < -0.3 is 15.1 Å². The summed E-state index contributed by atoms with van der Waals surface area (Å²) in [7, 11) is 0. The van der Waals surface area contributed by atoms with Crippen LogP contribution >= 0.6 is 24.8 Å². The first-order valence-electron chi connectivity index (χ1n) is 8.35. The molecule has 2 aliphatic heterocycles. The predicted octanol–water partition coefficient (Wildman–Crippen LogP) is 1.45. The van der Waals surface area contributed by atoms with Crippen LogP contribution in [0.3, 0.4) is 0 Å². The molecule has 1 N–H and O–H groups in total. The van der Waals surface area contributed by atoms with Gasteiger partial charge in [0.05, 0.1) is 12.5 Å². The molecule has 0 spiro atoms. The summed E-state index contributed by atoms with van der Waals surface area (Å²) < 4.78 is 0. The normalized spacial score (nSPS) is 21.8. The summed E-state index contributed by atoms with van der Waals surface area (Å²) in [6, 6.07) is 3.96. The molecule has 2 aliphatic rings. The van der Waals surface area contributed by atoms with Crippen molar-refractivity contribution in [1.82, 2.24) is 20.1 Å². The lowest BCUT2D eigenvalue weighted by atomic mass is 9.98. The van der Waals surface area contributed by atoms with Crippen LogP contribution in [0, 0.1) is 0 Å². The van der Waals surface area contributed by atoms with E-state index in [1.807, 2.05) is 28.9 Å². The molecule has 1 aromatic rings. The van der Waals surface area contributed by atoms with Crippen molar-refractivity contribution < 1.29 is 9.59 Å². The lowest BCUT2D eigenvalue weighted by molar-refractivity contribution is -0.141. The first-order chi connectivity index (χ1) is 11.2. The van der Waals surface area contributed by atoms with Crippen molar-refractivity contribution in [2.75, 3.05) is 32.7 Å². The van der Waals surface area contributed by atoms with Gasteiger partial charge >= 0.3 is 0 Å². The molecule has 140 valence electrons. The van der Waals surface area contributed by atoms with E-state index in [9.17, 15) is 9.59 Å². The molecule has 3 rings (SSSR count). The molecule has 6 nitrogen and oxygen atoms in total. The number of hydrogen-bond acceptors (Lipinski definition) is 4. The maximum Gasteiger partial charge on any atom is 0.236 e. The molecular weight excluding hydrogens is 363 g/mol. The minimum absolute atomic E-state index is 0. The van der Waals surface area contributed by atoms with Gasteiger partial charge in [-0.05, 0) is 31.4 Å². The molecule has 2 amide bonds. The lowest BCUT2D eigenvalue weighted by Crippen LogP contribution is -2.57. The van der Waals surface area contributed by atoms with Crippen molar-refractivity contribution in [3.8, 4) is 0 Å². The van der Waals surface area contributed by atoms with Crippen LogP contribution in [0.25, 0.3) is 0 Å². The molecule has 0 aliphatic carbocycles. The molecule has 2 atom stereocenters. The molecule has 0 bridgehead atoms. The summed E-state index contributed by atoms with van der Waals surface area (Å²) in [5.41, 5.74) is 0.942. The van der Waals surface area contributed by atoms with Crippen LogP contribution in [-0.2, 0) is 9.59 Å². The maximum absolute atomic E-state index is 12.8. The van der Waals surface area contributed by atoms with Crippen LogP contribution in [-0.4, -0.2) is 65.4 Å². The van der Waals surface area contributed by atoms with Gasteiger partial charge in [-0.2, -0.15) is 0 Å². The number of nitrogens with zero attached hydrogens (tertiary/aromatic N) is 3. The quantitative estimate of drug-likeness (QED) is 0.850. The Morgan fingerprint density at radius 2 is 2.16 bits per heavy atom. The number of carbonyl (C=O) groups is 2. The Hall–Kier alpha value is -1.37. The minimum atomic E-state index is -0.193. The first-order valence-corrected chi connectivity index (χ1v) is 8.35. The number of nitrogens with one attached hydrogen (secondary N) is 1. The lowest BCUT2D eigenvalue weighted by Gasteiger charge is -2.41. The summed E-state index contributed by atoms with van der Waals surface area (Å²) in [6.07, 6.45) is 5.40. The molecule has 0 aromatic carbocycles. The van der Waals surface area contributed by atoms with Crippen molar-refractivity contribution in [3.05, 3.63) is 30.1 Å². The van der Waals surface area contributed by atoms with Gasteiger partial charge in [-0.3, -0.25) is 14.6 Å². The number of likely N-dealkylation sites (tertiary alicyclic amines) is 1. The van der Waals surface area contributed by atoms with E-state index in [1.165, 1.54) is 0 Å². The Kier molecular flexibility index (Phi) is 8.62. The van der Waals surface area contributed by atoms with Gasteiger partial charge in [0.25, 0.3) is 0 Å². The van der Waals surface area contributed by atoms with Gasteiger partial charge in [0.2, 0.25) is 11.8 Å². The van der Waals surface area contributed by atoms with Crippen LogP contribution < -0.4 is 5.32 Å². The smallest absolute Gasteiger partial charge is 0.236 e. The third kappa shape index (κ3) is 5.06. The molecule has 8 heteroatoms. The molecular formula is C17H26Cl2N4O2. The number of amides is 2. The number of piperazine rings is 1. The van der Waals surface area contributed by atoms with E-state index in [0.717, 1.165) is 38.0 Å². The van der Waals surface area contributed by atoms with Crippen LogP contribution in [0.15, 0.2) is 24.5 Å². The standard InChI is InChI=1S/C17H24N4O2.2ClH/c1-13(14-4-2-6-18-10-14)17(23)20-8-3-5-15(12-20)21-9-7-19-11-16(21)22;;/h2,4,6,10,13,15,19H,3,5,7-9,11-12H2,1H3;2*1H. The van der Waals surface area contributed by atoms with Gasteiger partial charge in [0.1, 0.15) is 0 Å². The van der Waals surface area contributed by atoms with E-state index in [4.69, 9.17) is 0 Å². The van der Waals surface area contributed by atoms with E-state index in [2.05, 4.69) is 10.3 Å². The van der Waals surface area contributed by atoms with Gasteiger partial charge in [0.15, 0.2) is 0 Å². The summed E-state index contributed by atoms with van der Waals surface area (Å²) in [6.45, 7) is 5.34. The predicted molar refractivity (Wildman–Crippen MR) is 101 cm³/mol. The monoisotopic (exact) mass is 388 g/mol.